The molecule has 0 radical (unpaired) electrons. The molecule has 0 aliphatic carbocycles. The van der Waals surface area contributed by atoms with Crippen LogP contribution in [0.2, 0.25) is 0 Å². The van der Waals surface area contributed by atoms with Gasteiger partial charge in [-0.2, -0.15) is 4.31 Å². The molecule has 9 heteroatoms. The van der Waals surface area contributed by atoms with Gasteiger partial charge in [0.2, 0.25) is 15.9 Å². The van der Waals surface area contributed by atoms with Crippen molar-refractivity contribution in [1.82, 2.24) is 14.5 Å². The van der Waals surface area contributed by atoms with E-state index in [4.69, 9.17) is 5.11 Å². The third-order valence-corrected chi connectivity index (χ3v) is 6.68. The van der Waals surface area contributed by atoms with Crippen molar-refractivity contribution in [2.45, 2.75) is 38.1 Å². The number of carboxylic acids is 1. The summed E-state index contributed by atoms with van der Waals surface area (Å²) >= 11 is 0. The third kappa shape index (κ3) is 5.27. The molecule has 1 fully saturated rings. The number of nitrogens with zero attached hydrogens (tertiary/aromatic N) is 2. The minimum atomic E-state index is -3.69. The van der Waals surface area contributed by atoms with Gasteiger partial charge in [0.05, 0.1) is 17.0 Å². The second-order valence-corrected chi connectivity index (χ2v) is 8.78. The molecular formula is C18H27N3O5S. The van der Waals surface area contributed by atoms with E-state index >= 15 is 0 Å². The molecule has 1 aliphatic heterocycles. The van der Waals surface area contributed by atoms with Crippen LogP contribution in [0.1, 0.15) is 36.2 Å². The lowest BCUT2D eigenvalue weighted by atomic mass is 10.1. The summed E-state index contributed by atoms with van der Waals surface area (Å²) in [5, 5.41) is 12.0. The van der Waals surface area contributed by atoms with E-state index in [0.29, 0.717) is 31.7 Å². The Morgan fingerprint density at radius 3 is 2.37 bits per heavy atom. The van der Waals surface area contributed by atoms with Crippen molar-refractivity contribution in [3.05, 3.63) is 29.3 Å². The summed E-state index contributed by atoms with van der Waals surface area (Å²) in [5.41, 5.74) is 0.495. The van der Waals surface area contributed by atoms with E-state index in [1.54, 1.807) is 6.92 Å². The highest BCUT2D eigenvalue weighted by Crippen LogP contribution is 2.21. The second-order valence-electron chi connectivity index (χ2n) is 6.84. The van der Waals surface area contributed by atoms with Gasteiger partial charge in [0, 0.05) is 32.2 Å². The standard InChI is InChI=1S/C18H27N3O5S/c1-4-14(3)19-17(22)12-20-7-9-21(10-8-20)27(25,26)15-5-6-16(18(23)24)13(2)11-15/h5-6,11,14H,4,7-10,12H2,1-3H3,(H,19,22)(H,23,24). The predicted molar refractivity (Wildman–Crippen MR) is 101 cm³/mol. The molecule has 0 bridgehead atoms. The summed E-state index contributed by atoms with van der Waals surface area (Å²) in [5.74, 6) is -1.14. The molecule has 1 heterocycles. The molecule has 1 atom stereocenters. The third-order valence-electron chi connectivity index (χ3n) is 4.78. The van der Waals surface area contributed by atoms with Crippen LogP contribution < -0.4 is 5.32 Å². The number of sulfonamides is 1. The van der Waals surface area contributed by atoms with E-state index in [1.165, 1.54) is 22.5 Å². The van der Waals surface area contributed by atoms with E-state index in [2.05, 4.69) is 5.32 Å². The first-order valence-electron chi connectivity index (χ1n) is 9.01. The van der Waals surface area contributed by atoms with Gasteiger partial charge in [-0.1, -0.05) is 6.92 Å². The maximum Gasteiger partial charge on any atom is 0.335 e. The monoisotopic (exact) mass is 397 g/mol. The van der Waals surface area contributed by atoms with Gasteiger partial charge in [-0.05, 0) is 44.0 Å². The number of carbonyl (C=O) groups is 2. The van der Waals surface area contributed by atoms with Crippen LogP contribution in [0.4, 0.5) is 0 Å². The maximum absolute atomic E-state index is 12.8. The summed E-state index contributed by atoms with van der Waals surface area (Å²) in [6, 6.07) is 4.17. The Balaban J connectivity index is 1.99. The maximum atomic E-state index is 12.8. The largest absolute Gasteiger partial charge is 0.478 e. The van der Waals surface area contributed by atoms with Crippen molar-refractivity contribution in [2.24, 2.45) is 0 Å². The number of aromatic carboxylic acids is 1. The highest BCUT2D eigenvalue weighted by atomic mass is 32.2. The topological polar surface area (TPSA) is 107 Å². The van der Waals surface area contributed by atoms with Gasteiger partial charge < -0.3 is 10.4 Å². The summed E-state index contributed by atoms with van der Waals surface area (Å²) in [7, 11) is -3.69. The van der Waals surface area contributed by atoms with Crippen LogP contribution in [0.15, 0.2) is 23.1 Å². The van der Waals surface area contributed by atoms with Gasteiger partial charge in [0.15, 0.2) is 0 Å². The highest BCUT2D eigenvalue weighted by molar-refractivity contribution is 7.89. The van der Waals surface area contributed by atoms with Gasteiger partial charge in [-0.15, -0.1) is 0 Å². The number of aryl methyl sites for hydroxylation is 1. The second kappa shape index (κ2) is 8.81. The van der Waals surface area contributed by atoms with Crippen molar-refractivity contribution in [3.63, 3.8) is 0 Å². The fourth-order valence-corrected chi connectivity index (χ4v) is 4.45. The lowest BCUT2D eigenvalue weighted by Gasteiger charge is -2.33. The number of carbonyl (C=O) groups excluding carboxylic acids is 1. The minimum Gasteiger partial charge on any atom is -0.478 e. The quantitative estimate of drug-likeness (QED) is 0.708. The van der Waals surface area contributed by atoms with Crippen molar-refractivity contribution in [1.29, 1.82) is 0 Å². The number of amides is 1. The Kier molecular flexibility index (Phi) is 6.96. The molecule has 0 saturated carbocycles. The van der Waals surface area contributed by atoms with Crippen molar-refractivity contribution >= 4 is 21.9 Å². The summed E-state index contributed by atoms with van der Waals surface area (Å²) in [6.45, 7) is 7.30. The van der Waals surface area contributed by atoms with Crippen LogP contribution in [0, 0.1) is 6.92 Å². The van der Waals surface area contributed by atoms with E-state index in [0.717, 1.165) is 6.42 Å². The Labute approximate surface area is 160 Å². The smallest absolute Gasteiger partial charge is 0.335 e. The van der Waals surface area contributed by atoms with Crippen LogP contribution >= 0.6 is 0 Å². The van der Waals surface area contributed by atoms with E-state index < -0.39 is 16.0 Å². The van der Waals surface area contributed by atoms with Gasteiger partial charge in [-0.3, -0.25) is 9.69 Å². The number of hydrogen-bond donors (Lipinski definition) is 2. The Morgan fingerprint density at radius 1 is 1.22 bits per heavy atom. The van der Waals surface area contributed by atoms with Crippen molar-refractivity contribution in [2.75, 3.05) is 32.7 Å². The lowest BCUT2D eigenvalue weighted by molar-refractivity contribution is -0.123. The molecule has 150 valence electrons. The van der Waals surface area contributed by atoms with E-state index in [9.17, 15) is 18.0 Å². The van der Waals surface area contributed by atoms with Gasteiger partial charge >= 0.3 is 5.97 Å². The normalized spacial score (nSPS) is 17.4. The van der Waals surface area contributed by atoms with Crippen molar-refractivity contribution < 1.29 is 23.1 Å². The Morgan fingerprint density at radius 2 is 1.85 bits per heavy atom. The summed E-state index contributed by atoms with van der Waals surface area (Å²) < 4.78 is 27.0. The molecule has 27 heavy (non-hydrogen) atoms. The lowest BCUT2D eigenvalue weighted by Crippen LogP contribution is -2.51. The van der Waals surface area contributed by atoms with Crippen LogP contribution in [-0.2, 0) is 14.8 Å². The average Bonchev–Trinajstić information content (AvgIpc) is 2.61. The molecule has 1 amide bonds. The first-order valence-corrected chi connectivity index (χ1v) is 10.4. The molecule has 2 N–H and O–H groups in total. The van der Waals surface area contributed by atoms with Crippen LogP contribution in [0.5, 0.6) is 0 Å². The van der Waals surface area contributed by atoms with Gasteiger partial charge in [-0.25, -0.2) is 13.2 Å². The van der Waals surface area contributed by atoms with Crippen LogP contribution in [0.3, 0.4) is 0 Å². The molecule has 0 spiro atoms. The van der Waals surface area contributed by atoms with E-state index in [-0.39, 0.29) is 29.0 Å². The molecule has 1 unspecified atom stereocenters. The molecular weight excluding hydrogens is 370 g/mol. The minimum absolute atomic E-state index is 0.0551. The number of piperazine rings is 1. The molecule has 8 nitrogen and oxygen atoms in total. The molecule has 1 aromatic carbocycles. The number of benzene rings is 1. The summed E-state index contributed by atoms with van der Waals surface area (Å²) in [6.07, 6.45) is 0.859. The van der Waals surface area contributed by atoms with Gasteiger partial charge in [0.25, 0.3) is 0 Å². The van der Waals surface area contributed by atoms with Crippen LogP contribution in [0.25, 0.3) is 0 Å². The number of carboxylic acid groups (broad SMARTS) is 1. The Bertz CT molecular complexity index is 801. The zero-order valence-electron chi connectivity index (χ0n) is 15.9. The number of rotatable bonds is 7. The average molecular weight is 397 g/mol. The zero-order valence-corrected chi connectivity index (χ0v) is 16.8. The highest BCUT2D eigenvalue weighted by Gasteiger charge is 2.29. The fraction of sp³-hybridized carbons (Fsp3) is 0.556. The summed E-state index contributed by atoms with van der Waals surface area (Å²) in [4.78, 5) is 25.1. The number of hydrogen-bond acceptors (Lipinski definition) is 5. The fourth-order valence-electron chi connectivity index (χ4n) is 2.94. The SMILES string of the molecule is CCC(C)NC(=O)CN1CCN(S(=O)(=O)c2ccc(C(=O)O)c(C)c2)CC1. The molecule has 1 aliphatic rings. The van der Waals surface area contributed by atoms with Crippen molar-refractivity contribution in [3.8, 4) is 0 Å². The van der Waals surface area contributed by atoms with Gasteiger partial charge in [0.1, 0.15) is 0 Å². The molecule has 0 aromatic heterocycles. The van der Waals surface area contributed by atoms with Crippen LogP contribution in [-0.4, -0.2) is 73.4 Å². The Hall–Kier alpha value is -1.97. The number of nitrogens with one attached hydrogen (secondary N) is 1. The molecule has 2 rings (SSSR count). The molecule has 1 saturated heterocycles. The first-order chi connectivity index (χ1) is 12.6. The first kappa shape index (κ1) is 21.3. The zero-order chi connectivity index (χ0) is 20.2. The molecule has 1 aromatic rings. The van der Waals surface area contributed by atoms with E-state index in [1.807, 2.05) is 18.7 Å². The predicted octanol–water partition coefficient (Wildman–Crippen LogP) is 0.914.